The Labute approximate surface area is 126 Å². The number of amides is 2. The first-order valence-corrected chi connectivity index (χ1v) is 6.76. The highest BCUT2D eigenvalue weighted by atomic mass is 19.4. The number of anilines is 1. The van der Waals surface area contributed by atoms with Gasteiger partial charge >= 0.3 is 12.2 Å². The maximum Gasteiger partial charge on any atom is 0.416 e. The van der Waals surface area contributed by atoms with Crippen LogP contribution in [0.2, 0.25) is 0 Å². The summed E-state index contributed by atoms with van der Waals surface area (Å²) in [6.07, 6.45) is -3.92. The molecule has 0 aromatic heterocycles. The number of aliphatic hydroxyl groups excluding tert-OH is 1. The number of benzene rings is 1. The van der Waals surface area contributed by atoms with Gasteiger partial charge in [-0.25, -0.2) is 4.79 Å². The first-order chi connectivity index (χ1) is 10.3. The minimum atomic E-state index is -4.46. The van der Waals surface area contributed by atoms with Gasteiger partial charge in [0.05, 0.1) is 18.8 Å². The minimum absolute atomic E-state index is 0.0666. The van der Waals surface area contributed by atoms with Crippen LogP contribution in [-0.2, 0) is 10.9 Å². The van der Waals surface area contributed by atoms with Crippen molar-refractivity contribution in [2.75, 3.05) is 31.7 Å². The maximum atomic E-state index is 12.8. The molecule has 3 N–H and O–H groups in total. The molecule has 0 radical (unpaired) electrons. The van der Waals surface area contributed by atoms with Crippen LogP contribution in [0, 0.1) is 6.92 Å². The molecule has 0 aliphatic heterocycles. The quantitative estimate of drug-likeness (QED) is 0.676. The van der Waals surface area contributed by atoms with Crippen LogP contribution in [0.5, 0.6) is 0 Å². The zero-order valence-electron chi connectivity index (χ0n) is 12.2. The normalized spacial score (nSPS) is 11.3. The summed E-state index contributed by atoms with van der Waals surface area (Å²) in [6, 6.07) is 3.04. The van der Waals surface area contributed by atoms with E-state index in [1.54, 1.807) is 0 Å². The topological polar surface area (TPSA) is 70.6 Å². The van der Waals surface area contributed by atoms with Crippen molar-refractivity contribution in [1.29, 1.82) is 0 Å². The number of aryl methyl sites for hydroxylation is 1. The summed E-state index contributed by atoms with van der Waals surface area (Å²) >= 11 is 0. The van der Waals surface area contributed by atoms with E-state index >= 15 is 0 Å². The van der Waals surface area contributed by atoms with Gasteiger partial charge in [0, 0.05) is 18.8 Å². The number of halogens is 3. The molecule has 0 atom stereocenters. The molecule has 22 heavy (non-hydrogen) atoms. The number of nitrogens with one attached hydrogen (secondary N) is 2. The Bertz CT molecular complexity index is 493. The lowest BCUT2D eigenvalue weighted by Gasteiger charge is -2.13. The van der Waals surface area contributed by atoms with E-state index in [1.165, 1.54) is 19.1 Å². The fourth-order valence-electron chi connectivity index (χ4n) is 1.72. The van der Waals surface area contributed by atoms with Gasteiger partial charge < -0.3 is 20.5 Å². The molecule has 0 spiro atoms. The fraction of sp³-hybridized carbons (Fsp3) is 0.500. The lowest BCUT2D eigenvalue weighted by molar-refractivity contribution is -0.138. The third-order valence-electron chi connectivity index (χ3n) is 2.79. The van der Waals surface area contributed by atoms with Crippen LogP contribution in [0.3, 0.4) is 0 Å². The fourth-order valence-corrected chi connectivity index (χ4v) is 1.72. The molecular weight excluding hydrogens is 301 g/mol. The molecule has 8 heteroatoms. The number of carbonyl (C=O) groups excluding carboxylic acids is 1. The number of carbonyl (C=O) groups is 1. The van der Waals surface area contributed by atoms with E-state index in [2.05, 4.69) is 10.6 Å². The number of alkyl halides is 3. The average molecular weight is 320 g/mol. The number of hydrogen-bond donors (Lipinski definition) is 3. The van der Waals surface area contributed by atoms with E-state index in [9.17, 15) is 18.0 Å². The Morgan fingerprint density at radius 2 is 2.05 bits per heavy atom. The van der Waals surface area contributed by atoms with Gasteiger partial charge in [0.1, 0.15) is 0 Å². The molecule has 0 heterocycles. The van der Waals surface area contributed by atoms with Crippen LogP contribution in [0.4, 0.5) is 23.7 Å². The van der Waals surface area contributed by atoms with Crippen molar-refractivity contribution >= 4 is 11.7 Å². The second kappa shape index (κ2) is 8.60. The second-order valence-corrected chi connectivity index (χ2v) is 4.60. The molecule has 1 aromatic rings. The lowest BCUT2D eigenvalue weighted by Crippen LogP contribution is -2.30. The van der Waals surface area contributed by atoms with Crippen molar-refractivity contribution in [3.63, 3.8) is 0 Å². The van der Waals surface area contributed by atoms with Gasteiger partial charge in [0.2, 0.25) is 0 Å². The predicted octanol–water partition coefficient (Wildman–Crippen LogP) is 2.53. The summed E-state index contributed by atoms with van der Waals surface area (Å²) in [5.41, 5.74) is -0.603. The molecule has 1 aromatic carbocycles. The molecule has 1 rings (SSSR count). The summed E-state index contributed by atoms with van der Waals surface area (Å²) in [5.74, 6) is 0. The largest absolute Gasteiger partial charge is 0.416 e. The highest BCUT2D eigenvalue weighted by Gasteiger charge is 2.32. The number of rotatable bonds is 7. The van der Waals surface area contributed by atoms with Gasteiger partial charge in [-0.1, -0.05) is 6.07 Å². The molecule has 0 fully saturated rings. The van der Waals surface area contributed by atoms with Gasteiger partial charge in [-0.15, -0.1) is 0 Å². The van der Waals surface area contributed by atoms with E-state index in [1.807, 2.05) is 0 Å². The standard InChI is InChI=1S/C14H19F3N2O3/c1-10-3-4-11(9-12(10)14(15,16)17)19-13(21)18-5-2-7-22-8-6-20/h3-4,9,20H,2,5-8H2,1H3,(H2,18,19,21). The molecule has 5 nitrogen and oxygen atoms in total. The van der Waals surface area contributed by atoms with Gasteiger partial charge in [-0.05, 0) is 31.0 Å². The van der Waals surface area contributed by atoms with Crippen LogP contribution < -0.4 is 10.6 Å². The summed E-state index contributed by atoms with van der Waals surface area (Å²) in [5, 5.41) is 13.3. The Morgan fingerprint density at radius 3 is 2.68 bits per heavy atom. The van der Waals surface area contributed by atoms with Crippen molar-refractivity contribution in [2.24, 2.45) is 0 Å². The molecule has 0 aliphatic rings. The zero-order chi connectivity index (χ0) is 16.6. The van der Waals surface area contributed by atoms with Crippen molar-refractivity contribution in [2.45, 2.75) is 19.5 Å². The highest BCUT2D eigenvalue weighted by molar-refractivity contribution is 5.89. The van der Waals surface area contributed by atoms with E-state index in [0.717, 1.165) is 6.07 Å². The first kappa shape index (κ1) is 18.2. The molecule has 124 valence electrons. The predicted molar refractivity (Wildman–Crippen MR) is 75.7 cm³/mol. The molecule has 0 unspecified atom stereocenters. The van der Waals surface area contributed by atoms with Gasteiger partial charge in [0.15, 0.2) is 0 Å². The first-order valence-electron chi connectivity index (χ1n) is 6.76. The summed E-state index contributed by atoms with van der Waals surface area (Å²) < 4.78 is 43.3. The minimum Gasteiger partial charge on any atom is -0.394 e. The van der Waals surface area contributed by atoms with Gasteiger partial charge in [-0.3, -0.25) is 0 Å². The number of urea groups is 1. The van der Waals surface area contributed by atoms with Crippen molar-refractivity contribution in [1.82, 2.24) is 5.32 Å². The molecule has 0 saturated carbocycles. The van der Waals surface area contributed by atoms with Crippen molar-refractivity contribution < 1.29 is 27.8 Å². The Morgan fingerprint density at radius 1 is 1.32 bits per heavy atom. The van der Waals surface area contributed by atoms with Crippen LogP contribution in [0.15, 0.2) is 18.2 Å². The highest BCUT2D eigenvalue weighted by Crippen LogP contribution is 2.33. The SMILES string of the molecule is Cc1ccc(NC(=O)NCCCOCCO)cc1C(F)(F)F. The van der Waals surface area contributed by atoms with Crippen molar-refractivity contribution in [3.05, 3.63) is 29.3 Å². The van der Waals surface area contributed by atoms with Crippen LogP contribution in [0.25, 0.3) is 0 Å². The third kappa shape index (κ3) is 6.31. The number of hydrogen-bond acceptors (Lipinski definition) is 3. The zero-order valence-corrected chi connectivity index (χ0v) is 12.2. The Hall–Kier alpha value is -1.80. The van der Waals surface area contributed by atoms with Crippen LogP contribution >= 0.6 is 0 Å². The Balaban J connectivity index is 2.45. The van der Waals surface area contributed by atoms with E-state index < -0.39 is 17.8 Å². The third-order valence-corrected chi connectivity index (χ3v) is 2.79. The second-order valence-electron chi connectivity index (χ2n) is 4.60. The molecule has 2 amide bonds. The molecular formula is C14H19F3N2O3. The number of ether oxygens (including phenoxy) is 1. The summed E-state index contributed by atoms with van der Waals surface area (Å²) in [4.78, 5) is 11.6. The maximum absolute atomic E-state index is 12.8. The molecule has 0 aliphatic carbocycles. The number of aliphatic hydroxyl groups is 1. The molecule has 0 saturated heterocycles. The van der Waals surface area contributed by atoms with E-state index in [-0.39, 0.29) is 24.5 Å². The summed E-state index contributed by atoms with van der Waals surface area (Å²) in [6.45, 7) is 2.22. The van der Waals surface area contributed by atoms with Gasteiger partial charge in [-0.2, -0.15) is 13.2 Å². The summed E-state index contributed by atoms with van der Waals surface area (Å²) in [7, 11) is 0. The van der Waals surface area contributed by atoms with Crippen molar-refractivity contribution in [3.8, 4) is 0 Å². The van der Waals surface area contributed by atoms with Gasteiger partial charge in [0.25, 0.3) is 0 Å². The smallest absolute Gasteiger partial charge is 0.394 e. The molecule has 0 bridgehead atoms. The Kier molecular flexibility index (Phi) is 7.13. The van der Waals surface area contributed by atoms with Crippen LogP contribution in [-0.4, -0.2) is 37.5 Å². The average Bonchev–Trinajstić information content (AvgIpc) is 2.43. The van der Waals surface area contributed by atoms with Crippen LogP contribution in [0.1, 0.15) is 17.5 Å². The lowest BCUT2D eigenvalue weighted by atomic mass is 10.1. The van der Waals surface area contributed by atoms with E-state index in [0.29, 0.717) is 19.6 Å². The monoisotopic (exact) mass is 320 g/mol. The van der Waals surface area contributed by atoms with E-state index in [4.69, 9.17) is 9.84 Å².